The third-order valence-corrected chi connectivity index (χ3v) is 4.92. The molecule has 0 atom stereocenters. The predicted octanol–water partition coefficient (Wildman–Crippen LogP) is 3.03. The van der Waals surface area contributed by atoms with Crippen molar-refractivity contribution in [3.05, 3.63) is 70.7 Å². The van der Waals surface area contributed by atoms with Crippen molar-refractivity contribution in [3.63, 3.8) is 0 Å². The highest BCUT2D eigenvalue weighted by Crippen LogP contribution is 2.28. The van der Waals surface area contributed by atoms with Crippen molar-refractivity contribution in [2.45, 2.75) is 13.5 Å². The summed E-state index contributed by atoms with van der Waals surface area (Å²) in [6, 6.07) is 16.5. The zero-order valence-electron chi connectivity index (χ0n) is 16.8. The van der Waals surface area contributed by atoms with E-state index >= 15 is 0 Å². The van der Waals surface area contributed by atoms with Gasteiger partial charge in [0.25, 0.3) is 5.56 Å². The van der Waals surface area contributed by atoms with Crippen LogP contribution in [-0.2, 0) is 11.3 Å². The van der Waals surface area contributed by atoms with E-state index < -0.39 is 5.56 Å². The van der Waals surface area contributed by atoms with Crippen LogP contribution >= 0.6 is 0 Å². The summed E-state index contributed by atoms with van der Waals surface area (Å²) in [7, 11) is 3.25. The second kappa shape index (κ2) is 7.82. The molecule has 152 valence electrons. The quantitative estimate of drug-likeness (QED) is 0.508. The predicted molar refractivity (Wildman–Crippen MR) is 113 cm³/mol. The number of methoxy groups -OCH3 is 1. The van der Waals surface area contributed by atoms with Crippen molar-refractivity contribution < 1.29 is 14.1 Å². The van der Waals surface area contributed by atoms with Gasteiger partial charge in [0.15, 0.2) is 5.52 Å². The lowest BCUT2D eigenvalue weighted by Crippen LogP contribution is -2.35. The third kappa shape index (κ3) is 3.43. The minimum atomic E-state index is -0.478. The number of fused-ring (bicyclic) bond motifs is 1. The number of aryl methyl sites for hydroxylation is 1. The topological polar surface area (TPSA) is 90.5 Å². The van der Waals surface area contributed by atoms with Gasteiger partial charge in [-0.05, 0) is 43.3 Å². The number of carbonyl (C=O) groups excluding carboxylic acids is 1. The van der Waals surface area contributed by atoms with Crippen molar-refractivity contribution in [2.24, 2.45) is 0 Å². The maximum Gasteiger partial charge on any atom is 0.297 e. The lowest BCUT2D eigenvalue weighted by atomic mass is 10.1. The highest BCUT2D eigenvalue weighted by molar-refractivity contribution is 5.94. The summed E-state index contributed by atoms with van der Waals surface area (Å²) < 4.78 is 11.6. The van der Waals surface area contributed by atoms with Gasteiger partial charge in [-0.2, -0.15) is 5.10 Å². The fourth-order valence-corrected chi connectivity index (χ4v) is 3.22. The molecule has 0 radical (unpaired) electrons. The van der Waals surface area contributed by atoms with E-state index in [0.717, 1.165) is 15.9 Å². The van der Waals surface area contributed by atoms with E-state index in [2.05, 4.69) is 10.3 Å². The van der Waals surface area contributed by atoms with Gasteiger partial charge in [-0.25, -0.2) is 4.68 Å². The minimum absolute atomic E-state index is 0.142. The number of hydrogen-bond acceptors (Lipinski definition) is 6. The Hall–Kier alpha value is -3.94. The van der Waals surface area contributed by atoms with Crippen molar-refractivity contribution in [1.82, 2.24) is 14.9 Å². The van der Waals surface area contributed by atoms with Gasteiger partial charge < -0.3 is 14.2 Å². The summed E-state index contributed by atoms with van der Waals surface area (Å²) in [5.74, 6) is 0.904. The van der Waals surface area contributed by atoms with Crippen LogP contribution in [0.25, 0.3) is 22.2 Å². The first-order valence-corrected chi connectivity index (χ1v) is 9.32. The maximum atomic E-state index is 12.9. The van der Waals surface area contributed by atoms with E-state index in [-0.39, 0.29) is 18.0 Å². The van der Waals surface area contributed by atoms with Crippen LogP contribution in [0.2, 0.25) is 0 Å². The standard InChI is InChI=1S/C22H20N4O4/c1-14-19-20(15-9-11-17(29-3)12-10-15)23-26(22(28)21(19)24-30-14)13-18(27)25(2)16-7-5-4-6-8-16/h4-12H,13H2,1-3H3. The van der Waals surface area contributed by atoms with E-state index in [0.29, 0.717) is 22.6 Å². The number of para-hydroxylation sites is 1. The molecule has 0 aliphatic heterocycles. The van der Waals surface area contributed by atoms with E-state index in [9.17, 15) is 9.59 Å². The van der Waals surface area contributed by atoms with Crippen LogP contribution in [0.15, 0.2) is 63.9 Å². The van der Waals surface area contributed by atoms with Crippen LogP contribution in [-0.4, -0.2) is 35.0 Å². The van der Waals surface area contributed by atoms with Gasteiger partial charge in [0.1, 0.15) is 23.7 Å². The summed E-state index contributed by atoms with van der Waals surface area (Å²) in [4.78, 5) is 27.2. The van der Waals surface area contributed by atoms with Gasteiger partial charge in [0.2, 0.25) is 5.91 Å². The highest BCUT2D eigenvalue weighted by Gasteiger charge is 2.21. The number of aromatic nitrogens is 3. The Balaban J connectivity index is 1.78. The molecule has 0 fully saturated rings. The highest BCUT2D eigenvalue weighted by atomic mass is 16.5. The van der Waals surface area contributed by atoms with Crippen LogP contribution in [0, 0.1) is 6.92 Å². The number of ether oxygens (including phenoxy) is 1. The Morgan fingerprint density at radius 1 is 1.13 bits per heavy atom. The van der Waals surface area contributed by atoms with E-state index in [1.54, 1.807) is 33.2 Å². The van der Waals surface area contributed by atoms with Crippen molar-refractivity contribution in [1.29, 1.82) is 0 Å². The molecule has 8 heteroatoms. The summed E-state index contributed by atoms with van der Waals surface area (Å²) in [6.45, 7) is 1.50. The molecule has 0 aliphatic rings. The molecule has 8 nitrogen and oxygen atoms in total. The number of hydrogen-bond donors (Lipinski definition) is 0. The Morgan fingerprint density at radius 2 is 1.83 bits per heavy atom. The molecule has 0 aliphatic carbocycles. The number of benzene rings is 2. The molecule has 2 aromatic carbocycles. The molecule has 0 unspecified atom stereocenters. The van der Waals surface area contributed by atoms with Gasteiger partial charge in [-0.15, -0.1) is 0 Å². The van der Waals surface area contributed by atoms with Crippen LogP contribution in [0.1, 0.15) is 5.76 Å². The lowest BCUT2D eigenvalue weighted by Gasteiger charge is -2.17. The first kappa shape index (κ1) is 19.4. The molecule has 2 aromatic heterocycles. The van der Waals surface area contributed by atoms with Gasteiger partial charge in [0.05, 0.1) is 12.5 Å². The largest absolute Gasteiger partial charge is 0.497 e. The molecule has 0 spiro atoms. The molecular weight excluding hydrogens is 384 g/mol. The summed E-state index contributed by atoms with van der Waals surface area (Å²) in [6.07, 6.45) is 0. The van der Waals surface area contributed by atoms with Crippen molar-refractivity contribution in [3.8, 4) is 17.0 Å². The molecule has 0 bridgehead atoms. The molecule has 30 heavy (non-hydrogen) atoms. The van der Waals surface area contributed by atoms with Gasteiger partial charge in [0, 0.05) is 18.3 Å². The van der Waals surface area contributed by atoms with Crippen LogP contribution in [0.4, 0.5) is 5.69 Å². The number of rotatable bonds is 5. The molecule has 2 heterocycles. The van der Waals surface area contributed by atoms with Gasteiger partial charge in [-0.3, -0.25) is 9.59 Å². The number of nitrogens with zero attached hydrogens (tertiary/aromatic N) is 4. The maximum absolute atomic E-state index is 12.9. The van der Waals surface area contributed by atoms with E-state index in [1.807, 2.05) is 42.5 Å². The third-order valence-electron chi connectivity index (χ3n) is 4.92. The number of likely N-dealkylation sites (N-methyl/N-ethyl adjacent to an activating group) is 1. The zero-order chi connectivity index (χ0) is 21.3. The monoisotopic (exact) mass is 404 g/mol. The Morgan fingerprint density at radius 3 is 2.50 bits per heavy atom. The van der Waals surface area contributed by atoms with Crippen molar-refractivity contribution in [2.75, 3.05) is 19.1 Å². The van der Waals surface area contributed by atoms with Crippen LogP contribution in [0.5, 0.6) is 5.75 Å². The minimum Gasteiger partial charge on any atom is -0.497 e. The first-order chi connectivity index (χ1) is 14.5. The number of carbonyl (C=O) groups is 1. The van der Waals surface area contributed by atoms with Crippen molar-refractivity contribution >= 4 is 22.5 Å². The second-order valence-corrected chi connectivity index (χ2v) is 6.79. The summed E-state index contributed by atoms with van der Waals surface area (Å²) >= 11 is 0. The zero-order valence-corrected chi connectivity index (χ0v) is 16.8. The lowest BCUT2D eigenvalue weighted by molar-refractivity contribution is -0.119. The summed E-state index contributed by atoms with van der Waals surface area (Å²) in [5, 5.41) is 8.93. The molecule has 4 rings (SSSR count). The average Bonchev–Trinajstić information content (AvgIpc) is 3.17. The fourth-order valence-electron chi connectivity index (χ4n) is 3.22. The average molecular weight is 404 g/mol. The number of amides is 1. The SMILES string of the molecule is COc1ccc(-c2nn(CC(=O)N(C)c3ccccc3)c(=O)c3noc(C)c23)cc1. The molecule has 0 N–H and O–H groups in total. The summed E-state index contributed by atoms with van der Waals surface area (Å²) in [5.41, 5.74) is 1.66. The smallest absolute Gasteiger partial charge is 0.297 e. The van der Waals surface area contributed by atoms with E-state index in [4.69, 9.17) is 9.26 Å². The Labute approximate surface area is 172 Å². The van der Waals surface area contributed by atoms with Gasteiger partial charge in [-0.1, -0.05) is 23.4 Å². The fraction of sp³-hybridized carbons (Fsp3) is 0.182. The van der Waals surface area contributed by atoms with Crippen LogP contribution < -0.4 is 15.2 Å². The second-order valence-electron chi connectivity index (χ2n) is 6.79. The Kier molecular flexibility index (Phi) is 5.05. The van der Waals surface area contributed by atoms with E-state index in [1.165, 1.54) is 4.90 Å². The molecular formula is C22H20N4O4. The normalized spacial score (nSPS) is 10.9. The van der Waals surface area contributed by atoms with Crippen LogP contribution in [0.3, 0.4) is 0 Å². The first-order valence-electron chi connectivity index (χ1n) is 9.32. The van der Waals surface area contributed by atoms with Gasteiger partial charge >= 0.3 is 0 Å². The molecule has 0 saturated heterocycles. The Bertz CT molecular complexity index is 1260. The molecule has 4 aromatic rings. The molecule has 0 saturated carbocycles. The molecule has 1 amide bonds. The number of anilines is 1.